The van der Waals surface area contributed by atoms with Gasteiger partial charge < -0.3 is 10.2 Å². The molecule has 1 aromatic carbocycles. The van der Waals surface area contributed by atoms with Crippen molar-refractivity contribution < 1.29 is 4.39 Å². The molecule has 0 amide bonds. The molecular weight excluding hydrogens is 257 g/mol. The fraction of sp³-hybridized carbons (Fsp3) is 0.429. The van der Waals surface area contributed by atoms with E-state index >= 15 is 0 Å². The van der Waals surface area contributed by atoms with Gasteiger partial charge in [-0.05, 0) is 51.9 Å². The number of nitrogens with one attached hydrogen (secondary N) is 2. The van der Waals surface area contributed by atoms with E-state index in [4.69, 9.17) is 0 Å². The second-order valence-electron chi connectivity index (χ2n) is 4.10. The predicted molar refractivity (Wildman–Crippen MR) is 82.8 cm³/mol. The Labute approximate surface area is 119 Å². The van der Waals surface area contributed by atoms with E-state index in [1.54, 1.807) is 19.2 Å². The van der Waals surface area contributed by atoms with E-state index in [1.807, 2.05) is 18.7 Å². The van der Waals surface area contributed by atoms with Gasteiger partial charge in [0.15, 0.2) is 6.29 Å². The van der Waals surface area contributed by atoms with Crippen molar-refractivity contribution in [2.75, 3.05) is 25.5 Å². The van der Waals surface area contributed by atoms with Crippen molar-refractivity contribution >= 4 is 18.4 Å². The van der Waals surface area contributed by atoms with Gasteiger partial charge in [-0.15, -0.1) is 0 Å². The Kier molecular flexibility index (Phi) is 6.66. The molecule has 6 heteroatoms. The Morgan fingerprint density at radius 3 is 2.35 bits per heavy atom. The van der Waals surface area contributed by atoms with Gasteiger partial charge in [0.1, 0.15) is 5.82 Å². The zero-order chi connectivity index (χ0) is 15.0. The number of rotatable bonds is 6. The maximum atomic E-state index is 12.9. The average molecular weight is 279 g/mol. The van der Waals surface area contributed by atoms with E-state index < -0.39 is 0 Å². The number of aliphatic imine (C=N–C) groups is 2. The van der Waals surface area contributed by atoms with Gasteiger partial charge in [-0.3, -0.25) is 5.32 Å². The van der Waals surface area contributed by atoms with Crippen LogP contribution in [0.2, 0.25) is 0 Å². The van der Waals surface area contributed by atoms with Gasteiger partial charge in [-0.1, -0.05) is 0 Å². The van der Waals surface area contributed by atoms with Crippen LogP contribution in [0.4, 0.5) is 10.1 Å². The van der Waals surface area contributed by atoms with Crippen molar-refractivity contribution in [2.24, 2.45) is 9.98 Å². The molecule has 0 aliphatic heterocycles. The van der Waals surface area contributed by atoms with Gasteiger partial charge in [0.25, 0.3) is 0 Å². The van der Waals surface area contributed by atoms with Crippen LogP contribution in [0.3, 0.4) is 0 Å². The van der Waals surface area contributed by atoms with E-state index in [0.29, 0.717) is 5.96 Å². The zero-order valence-electron chi connectivity index (χ0n) is 12.2. The van der Waals surface area contributed by atoms with Crippen LogP contribution in [0.15, 0.2) is 34.3 Å². The number of anilines is 1. The summed E-state index contributed by atoms with van der Waals surface area (Å²) in [6.45, 7) is 9.24. The van der Waals surface area contributed by atoms with Crippen LogP contribution < -0.4 is 10.6 Å². The highest BCUT2D eigenvalue weighted by Gasteiger charge is 2.09. The lowest BCUT2D eigenvalue weighted by atomic mass is 10.3. The Morgan fingerprint density at radius 1 is 1.30 bits per heavy atom. The van der Waals surface area contributed by atoms with Crippen molar-refractivity contribution in [2.45, 2.75) is 20.1 Å². The highest BCUT2D eigenvalue weighted by Crippen LogP contribution is 2.09. The Balaban J connectivity index is 2.83. The van der Waals surface area contributed by atoms with Crippen LogP contribution >= 0.6 is 0 Å². The van der Waals surface area contributed by atoms with Crippen LogP contribution in [-0.4, -0.2) is 44.0 Å². The minimum absolute atomic E-state index is 0.267. The van der Waals surface area contributed by atoms with Gasteiger partial charge in [0.2, 0.25) is 5.96 Å². The van der Waals surface area contributed by atoms with E-state index in [2.05, 4.69) is 27.3 Å². The minimum atomic E-state index is -0.360. The Hall–Kier alpha value is -1.95. The zero-order valence-corrected chi connectivity index (χ0v) is 12.2. The third-order valence-electron chi connectivity index (χ3n) is 2.85. The predicted octanol–water partition coefficient (Wildman–Crippen LogP) is 2.14. The normalized spacial score (nSPS) is 12.9. The van der Waals surface area contributed by atoms with Gasteiger partial charge in [0, 0.05) is 18.8 Å². The fourth-order valence-corrected chi connectivity index (χ4v) is 1.72. The number of nitrogens with zero attached hydrogens (tertiary/aromatic N) is 3. The molecule has 0 aliphatic rings. The molecule has 0 aliphatic carbocycles. The monoisotopic (exact) mass is 279 g/mol. The summed E-state index contributed by atoms with van der Waals surface area (Å²) in [6.07, 6.45) is -0.360. The molecule has 0 saturated heterocycles. The quantitative estimate of drug-likeness (QED) is 0.476. The summed E-state index contributed by atoms with van der Waals surface area (Å²) in [7, 11) is 1.79. The summed E-state index contributed by atoms with van der Waals surface area (Å²) >= 11 is 0. The van der Waals surface area contributed by atoms with Crippen molar-refractivity contribution in [3.8, 4) is 0 Å². The van der Waals surface area contributed by atoms with Crippen LogP contribution in [0.25, 0.3) is 0 Å². The fourth-order valence-electron chi connectivity index (χ4n) is 1.72. The molecule has 0 bridgehead atoms. The van der Waals surface area contributed by atoms with E-state index in [0.717, 1.165) is 18.8 Å². The standard InChI is InChI=1S/C14H22FN5/c1-5-20(6-2)14(17-4)19-13(16-3)18-12-9-7-11(15)8-10-12/h7-10,13,16,18H,4-6H2,1-3H3. The van der Waals surface area contributed by atoms with Crippen molar-refractivity contribution in [3.05, 3.63) is 30.1 Å². The Bertz CT molecular complexity index is 439. The van der Waals surface area contributed by atoms with Gasteiger partial charge in [-0.2, -0.15) is 0 Å². The van der Waals surface area contributed by atoms with Crippen molar-refractivity contribution in [1.29, 1.82) is 0 Å². The Morgan fingerprint density at radius 2 is 1.90 bits per heavy atom. The summed E-state index contributed by atoms with van der Waals surface area (Å²) in [5, 5.41) is 6.17. The molecule has 110 valence electrons. The molecule has 2 N–H and O–H groups in total. The van der Waals surface area contributed by atoms with E-state index in [9.17, 15) is 4.39 Å². The lowest BCUT2D eigenvalue weighted by molar-refractivity contribution is 0.453. The van der Waals surface area contributed by atoms with Crippen LogP contribution in [0.1, 0.15) is 13.8 Å². The first kappa shape index (κ1) is 16.1. The second kappa shape index (κ2) is 8.27. The smallest absolute Gasteiger partial charge is 0.223 e. The lowest BCUT2D eigenvalue weighted by Gasteiger charge is -2.22. The van der Waals surface area contributed by atoms with Gasteiger partial charge >= 0.3 is 0 Å². The number of benzene rings is 1. The SMILES string of the molecule is C=NC(=NC(NC)Nc1ccc(F)cc1)N(CC)CC. The molecule has 1 aromatic rings. The van der Waals surface area contributed by atoms with E-state index in [-0.39, 0.29) is 12.1 Å². The molecule has 0 saturated carbocycles. The van der Waals surface area contributed by atoms with Crippen molar-refractivity contribution in [1.82, 2.24) is 10.2 Å². The average Bonchev–Trinajstić information content (AvgIpc) is 2.48. The summed E-state index contributed by atoms with van der Waals surface area (Å²) in [5.74, 6) is 0.306. The minimum Gasteiger partial charge on any atom is -0.351 e. The lowest BCUT2D eigenvalue weighted by Crippen LogP contribution is -2.36. The third-order valence-corrected chi connectivity index (χ3v) is 2.85. The maximum absolute atomic E-state index is 12.9. The highest BCUT2D eigenvalue weighted by atomic mass is 19.1. The molecule has 0 heterocycles. The molecule has 0 fully saturated rings. The number of hydrogen-bond donors (Lipinski definition) is 2. The van der Waals surface area contributed by atoms with Crippen LogP contribution in [0, 0.1) is 5.82 Å². The number of guanidine groups is 1. The molecule has 1 unspecified atom stereocenters. The summed E-state index contributed by atoms with van der Waals surface area (Å²) in [6, 6.07) is 6.12. The number of hydrogen-bond acceptors (Lipinski definition) is 3. The molecule has 20 heavy (non-hydrogen) atoms. The third kappa shape index (κ3) is 4.62. The molecular formula is C14H22FN5. The topological polar surface area (TPSA) is 52.0 Å². The molecule has 0 radical (unpaired) electrons. The molecule has 0 spiro atoms. The van der Waals surface area contributed by atoms with Crippen LogP contribution in [-0.2, 0) is 0 Å². The first-order valence-electron chi connectivity index (χ1n) is 6.63. The molecule has 5 nitrogen and oxygen atoms in total. The first-order chi connectivity index (χ1) is 9.64. The van der Waals surface area contributed by atoms with Crippen molar-refractivity contribution in [3.63, 3.8) is 0 Å². The molecule has 1 rings (SSSR count). The molecule has 0 aromatic heterocycles. The first-order valence-corrected chi connectivity index (χ1v) is 6.63. The van der Waals surface area contributed by atoms with Gasteiger partial charge in [-0.25, -0.2) is 14.4 Å². The number of halogens is 1. The summed E-state index contributed by atoms with van der Waals surface area (Å²) in [4.78, 5) is 10.4. The van der Waals surface area contributed by atoms with E-state index in [1.165, 1.54) is 12.1 Å². The second-order valence-corrected chi connectivity index (χ2v) is 4.10. The maximum Gasteiger partial charge on any atom is 0.223 e. The summed E-state index contributed by atoms with van der Waals surface area (Å²) in [5.41, 5.74) is 0.775. The van der Waals surface area contributed by atoms with Crippen LogP contribution in [0.5, 0.6) is 0 Å². The summed E-state index contributed by atoms with van der Waals surface area (Å²) < 4.78 is 12.9. The highest BCUT2D eigenvalue weighted by molar-refractivity contribution is 5.84. The molecule has 1 atom stereocenters. The largest absolute Gasteiger partial charge is 0.351 e. The van der Waals surface area contributed by atoms with Gasteiger partial charge in [0.05, 0.1) is 0 Å².